The zero-order chi connectivity index (χ0) is 18.4. The van der Waals surface area contributed by atoms with Crippen molar-refractivity contribution in [2.24, 2.45) is 11.7 Å². The SMILES string of the molecule is NC(=O)c1cccc(-c2ccc(CNCCC3CCOCC3)cc2Cl)c1. The second-order valence-corrected chi connectivity index (χ2v) is 7.19. The highest BCUT2D eigenvalue weighted by molar-refractivity contribution is 6.33. The van der Waals surface area contributed by atoms with E-state index >= 15 is 0 Å². The summed E-state index contributed by atoms with van der Waals surface area (Å²) in [5.41, 5.74) is 8.79. The first-order chi connectivity index (χ1) is 12.6. The number of nitrogens with two attached hydrogens (primary N) is 1. The molecular formula is C21H25ClN2O2. The fourth-order valence-corrected chi connectivity index (χ4v) is 3.63. The summed E-state index contributed by atoms with van der Waals surface area (Å²) in [4.78, 5) is 11.4. The summed E-state index contributed by atoms with van der Waals surface area (Å²) in [5.74, 6) is 0.341. The van der Waals surface area contributed by atoms with Gasteiger partial charge in [0.2, 0.25) is 5.91 Å². The molecule has 5 heteroatoms. The van der Waals surface area contributed by atoms with Crippen LogP contribution in [-0.4, -0.2) is 25.7 Å². The number of nitrogens with one attached hydrogen (secondary N) is 1. The van der Waals surface area contributed by atoms with Crippen molar-refractivity contribution in [1.29, 1.82) is 0 Å². The molecule has 0 spiro atoms. The normalized spacial score (nSPS) is 15.1. The number of hydrogen-bond donors (Lipinski definition) is 2. The van der Waals surface area contributed by atoms with Gasteiger partial charge >= 0.3 is 0 Å². The van der Waals surface area contributed by atoms with Gasteiger partial charge in [-0.15, -0.1) is 0 Å². The number of hydrogen-bond acceptors (Lipinski definition) is 3. The van der Waals surface area contributed by atoms with Crippen LogP contribution in [0.4, 0.5) is 0 Å². The van der Waals surface area contributed by atoms with E-state index in [0.717, 1.165) is 48.9 Å². The van der Waals surface area contributed by atoms with Crippen molar-refractivity contribution in [3.8, 4) is 11.1 Å². The lowest BCUT2D eigenvalue weighted by Crippen LogP contribution is -2.22. The Balaban J connectivity index is 1.57. The Morgan fingerprint density at radius 2 is 2.00 bits per heavy atom. The summed E-state index contributed by atoms with van der Waals surface area (Å²) in [6, 6.07) is 13.3. The van der Waals surface area contributed by atoms with E-state index in [0.29, 0.717) is 10.6 Å². The van der Waals surface area contributed by atoms with Crippen molar-refractivity contribution in [2.75, 3.05) is 19.8 Å². The number of carbonyl (C=O) groups excluding carboxylic acids is 1. The maximum absolute atomic E-state index is 11.4. The van der Waals surface area contributed by atoms with E-state index in [9.17, 15) is 4.79 Å². The first kappa shape index (κ1) is 18.9. The molecule has 3 N–H and O–H groups in total. The lowest BCUT2D eigenvalue weighted by Gasteiger charge is -2.21. The van der Waals surface area contributed by atoms with Gasteiger partial charge in [0.05, 0.1) is 0 Å². The minimum atomic E-state index is -0.437. The molecule has 1 amide bonds. The largest absolute Gasteiger partial charge is 0.381 e. The fourth-order valence-electron chi connectivity index (χ4n) is 3.32. The predicted molar refractivity (Wildman–Crippen MR) is 105 cm³/mol. The minimum absolute atomic E-state index is 0.437. The first-order valence-corrected chi connectivity index (χ1v) is 9.48. The third-order valence-corrected chi connectivity index (χ3v) is 5.20. The standard InChI is InChI=1S/C21H25ClN2O2/c22-20-12-16(14-24-9-6-15-7-10-26-11-8-15)4-5-19(20)17-2-1-3-18(13-17)21(23)25/h1-5,12-13,15,24H,6-11,14H2,(H2,23,25). The number of carbonyl (C=O) groups is 1. The third-order valence-electron chi connectivity index (χ3n) is 4.89. The summed E-state index contributed by atoms with van der Waals surface area (Å²) in [5, 5.41) is 4.18. The Hall–Kier alpha value is -1.88. The van der Waals surface area contributed by atoms with Gasteiger partial charge in [-0.3, -0.25) is 4.79 Å². The molecule has 26 heavy (non-hydrogen) atoms. The summed E-state index contributed by atoms with van der Waals surface area (Å²) in [6.07, 6.45) is 3.54. The van der Waals surface area contributed by atoms with E-state index in [1.165, 1.54) is 19.3 Å². The van der Waals surface area contributed by atoms with Gasteiger partial charge in [-0.25, -0.2) is 0 Å². The summed E-state index contributed by atoms with van der Waals surface area (Å²) < 4.78 is 5.40. The Bertz CT molecular complexity index is 757. The van der Waals surface area contributed by atoms with E-state index in [2.05, 4.69) is 11.4 Å². The molecule has 1 aliphatic heterocycles. The van der Waals surface area contributed by atoms with Gasteiger partial charge < -0.3 is 15.8 Å². The van der Waals surface area contributed by atoms with Crippen molar-refractivity contribution in [3.05, 3.63) is 58.6 Å². The molecule has 138 valence electrons. The molecule has 1 aliphatic rings. The summed E-state index contributed by atoms with van der Waals surface area (Å²) in [6.45, 7) is 3.60. The van der Waals surface area contributed by atoms with Crippen LogP contribution in [0.2, 0.25) is 5.02 Å². The highest BCUT2D eigenvalue weighted by Gasteiger charge is 2.13. The molecule has 0 saturated carbocycles. The van der Waals surface area contributed by atoms with E-state index in [4.69, 9.17) is 22.1 Å². The third kappa shape index (κ3) is 5.07. The van der Waals surface area contributed by atoms with Crippen molar-refractivity contribution in [2.45, 2.75) is 25.8 Å². The van der Waals surface area contributed by atoms with E-state index < -0.39 is 5.91 Å². The zero-order valence-electron chi connectivity index (χ0n) is 14.8. The van der Waals surface area contributed by atoms with E-state index in [1.54, 1.807) is 12.1 Å². The highest BCUT2D eigenvalue weighted by Crippen LogP contribution is 2.29. The molecule has 0 aromatic heterocycles. The average Bonchev–Trinajstić information content (AvgIpc) is 2.66. The molecule has 1 fully saturated rings. The van der Waals surface area contributed by atoms with Crippen LogP contribution < -0.4 is 11.1 Å². The van der Waals surface area contributed by atoms with E-state index in [1.807, 2.05) is 24.3 Å². The second-order valence-electron chi connectivity index (χ2n) is 6.78. The molecule has 3 rings (SSSR count). The molecule has 0 unspecified atom stereocenters. The van der Waals surface area contributed by atoms with Crippen LogP contribution in [0.1, 0.15) is 35.2 Å². The van der Waals surface area contributed by atoms with Crippen molar-refractivity contribution >= 4 is 17.5 Å². The number of primary amides is 1. The van der Waals surface area contributed by atoms with Gasteiger partial charge in [-0.1, -0.05) is 35.9 Å². The van der Waals surface area contributed by atoms with Crippen LogP contribution in [0.5, 0.6) is 0 Å². The van der Waals surface area contributed by atoms with Crippen molar-refractivity contribution in [1.82, 2.24) is 5.32 Å². The number of halogens is 1. The lowest BCUT2D eigenvalue weighted by atomic mass is 9.96. The molecule has 2 aromatic carbocycles. The van der Waals surface area contributed by atoms with Crippen LogP contribution in [0.25, 0.3) is 11.1 Å². The molecule has 1 heterocycles. The molecule has 4 nitrogen and oxygen atoms in total. The fraction of sp³-hybridized carbons (Fsp3) is 0.381. The van der Waals surface area contributed by atoms with Crippen LogP contribution in [0.15, 0.2) is 42.5 Å². The van der Waals surface area contributed by atoms with Gasteiger partial charge in [0.15, 0.2) is 0 Å². The quantitative estimate of drug-likeness (QED) is 0.721. The lowest BCUT2D eigenvalue weighted by molar-refractivity contribution is 0.0639. The molecule has 1 saturated heterocycles. The number of ether oxygens (including phenoxy) is 1. The Morgan fingerprint density at radius 1 is 1.19 bits per heavy atom. The van der Waals surface area contributed by atoms with Crippen molar-refractivity contribution < 1.29 is 9.53 Å². The van der Waals surface area contributed by atoms with Gasteiger partial charge in [0, 0.05) is 35.9 Å². The monoisotopic (exact) mass is 372 g/mol. The van der Waals surface area contributed by atoms with Gasteiger partial charge in [0.25, 0.3) is 0 Å². The van der Waals surface area contributed by atoms with Crippen LogP contribution in [0, 0.1) is 5.92 Å². The Kier molecular flexibility index (Phi) is 6.67. The number of rotatable bonds is 7. The molecule has 0 bridgehead atoms. The van der Waals surface area contributed by atoms with Gasteiger partial charge in [-0.05, 0) is 61.1 Å². The zero-order valence-corrected chi connectivity index (χ0v) is 15.6. The molecular weight excluding hydrogens is 348 g/mol. The summed E-state index contributed by atoms with van der Waals surface area (Å²) in [7, 11) is 0. The maximum atomic E-state index is 11.4. The number of amides is 1. The van der Waals surface area contributed by atoms with Crippen LogP contribution in [-0.2, 0) is 11.3 Å². The predicted octanol–water partition coefficient (Wildman–Crippen LogP) is 4.01. The van der Waals surface area contributed by atoms with Crippen LogP contribution in [0.3, 0.4) is 0 Å². The molecule has 0 atom stereocenters. The van der Waals surface area contributed by atoms with Crippen molar-refractivity contribution in [3.63, 3.8) is 0 Å². The molecule has 0 radical (unpaired) electrons. The van der Waals surface area contributed by atoms with Gasteiger partial charge in [0.1, 0.15) is 0 Å². The summed E-state index contributed by atoms with van der Waals surface area (Å²) >= 11 is 6.47. The topological polar surface area (TPSA) is 64.4 Å². The Labute approximate surface area is 159 Å². The minimum Gasteiger partial charge on any atom is -0.381 e. The average molecular weight is 373 g/mol. The molecule has 2 aromatic rings. The number of benzene rings is 2. The highest BCUT2D eigenvalue weighted by atomic mass is 35.5. The smallest absolute Gasteiger partial charge is 0.248 e. The second kappa shape index (κ2) is 9.17. The Morgan fingerprint density at radius 3 is 2.73 bits per heavy atom. The van der Waals surface area contributed by atoms with Crippen LogP contribution >= 0.6 is 11.6 Å². The maximum Gasteiger partial charge on any atom is 0.248 e. The molecule has 0 aliphatic carbocycles. The van der Waals surface area contributed by atoms with Gasteiger partial charge in [-0.2, -0.15) is 0 Å². The van der Waals surface area contributed by atoms with E-state index in [-0.39, 0.29) is 0 Å². The first-order valence-electron chi connectivity index (χ1n) is 9.10.